The van der Waals surface area contributed by atoms with Gasteiger partial charge in [-0.3, -0.25) is 9.69 Å². The van der Waals surface area contributed by atoms with Crippen molar-refractivity contribution in [2.24, 2.45) is 0 Å². The lowest BCUT2D eigenvalue weighted by Crippen LogP contribution is -2.34. The summed E-state index contributed by atoms with van der Waals surface area (Å²) in [5.41, 5.74) is 9.22. The number of carbonyl (C=O) groups is 1. The molecule has 0 amide bonds. The first kappa shape index (κ1) is 22.1. The van der Waals surface area contributed by atoms with Gasteiger partial charge < -0.3 is 10.5 Å². The van der Waals surface area contributed by atoms with Crippen molar-refractivity contribution in [1.29, 1.82) is 0 Å². The van der Waals surface area contributed by atoms with E-state index >= 15 is 0 Å². The third kappa shape index (κ3) is 5.28. The summed E-state index contributed by atoms with van der Waals surface area (Å²) in [7, 11) is 0. The van der Waals surface area contributed by atoms with E-state index in [-0.39, 0.29) is 5.78 Å². The highest BCUT2D eigenvalue weighted by atomic mass is 32.1. The van der Waals surface area contributed by atoms with E-state index in [1.54, 1.807) is 0 Å². The third-order valence-corrected chi connectivity index (χ3v) is 7.71. The Balaban J connectivity index is 1.20. The van der Waals surface area contributed by atoms with Gasteiger partial charge in [-0.2, -0.15) is 0 Å². The predicted octanol–water partition coefficient (Wildman–Crippen LogP) is 5.29. The van der Waals surface area contributed by atoms with Crippen LogP contribution in [0.2, 0.25) is 0 Å². The fourth-order valence-electron chi connectivity index (χ4n) is 4.48. The number of nitrogen functional groups attached to an aromatic ring is 1. The van der Waals surface area contributed by atoms with E-state index in [0.717, 1.165) is 16.3 Å². The molecule has 0 radical (unpaired) electrons. The van der Waals surface area contributed by atoms with E-state index in [1.165, 1.54) is 55.7 Å². The van der Waals surface area contributed by atoms with Crippen LogP contribution in [0.3, 0.4) is 0 Å². The van der Waals surface area contributed by atoms with Crippen molar-refractivity contribution >= 4 is 22.9 Å². The van der Waals surface area contributed by atoms with E-state index < -0.39 is 0 Å². The zero-order valence-electron chi connectivity index (χ0n) is 19.1. The Morgan fingerprint density at radius 3 is 2.67 bits per heavy atom. The molecule has 5 nitrogen and oxygen atoms in total. The summed E-state index contributed by atoms with van der Waals surface area (Å²) >= 11 is 1.40. The SMILES string of the molecule is C[C@H](COc1ccc(Cc2nc(N)c(C(=O)c3cccc(C4CC4)c3)s2)cc1)N1CCCC1. The highest BCUT2D eigenvalue weighted by Crippen LogP contribution is 2.40. The molecule has 2 aliphatic rings. The van der Waals surface area contributed by atoms with Crippen molar-refractivity contribution in [1.82, 2.24) is 9.88 Å². The Morgan fingerprint density at radius 2 is 1.94 bits per heavy atom. The van der Waals surface area contributed by atoms with Crippen molar-refractivity contribution in [2.45, 2.75) is 51.0 Å². The van der Waals surface area contributed by atoms with Gasteiger partial charge in [0.05, 0.1) is 0 Å². The van der Waals surface area contributed by atoms with E-state index in [0.29, 0.717) is 41.2 Å². The number of rotatable bonds is 9. The molecule has 1 aliphatic carbocycles. The van der Waals surface area contributed by atoms with Crippen LogP contribution in [0.1, 0.15) is 69.9 Å². The van der Waals surface area contributed by atoms with E-state index in [2.05, 4.69) is 35.0 Å². The van der Waals surface area contributed by atoms with Crippen molar-refractivity contribution in [3.8, 4) is 5.75 Å². The molecule has 33 heavy (non-hydrogen) atoms. The molecule has 2 heterocycles. The van der Waals surface area contributed by atoms with Crippen molar-refractivity contribution in [2.75, 3.05) is 25.4 Å². The van der Waals surface area contributed by atoms with Gasteiger partial charge in [0, 0.05) is 18.0 Å². The molecule has 1 aromatic heterocycles. The van der Waals surface area contributed by atoms with Gasteiger partial charge in [0.15, 0.2) is 0 Å². The number of ether oxygens (including phenoxy) is 1. The van der Waals surface area contributed by atoms with Crippen LogP contribution < -0.4 is 10.5 Å². The molecule has 0 bridgehead atoms. The zero-order chi connectivity index (χ0) is 22.8. The van der Waals surface area contributed by atoms with Crippen LogP contribution in [0.4, 0.5) is 5.82 Å². The normalized spacial score (nSPS) is 17.2. The minimum absolute atomic E-state index is 0.0328. The average Bonchev–Trinajstić information content (AvgIpc) is 3.41. The maximum Gasteiger partial charge on any atom is 0.206 e. The number of aromatic nitrogens is 1. The van der Waals surface area contributed by atoms with Crippen LogP contribution in [0.25, 0.3) is 0 Å². The van der Waals surface area contributed by atoms with E-state index in [4.69, 9.17) is 10.5 Å². The number of nitrogens with zero attached hydrogens (tertiary/aromatic N) is 2. The molecule has 2 N–H and O–H groups in total. The fraction of sp³-hybridized carbons (Fsp3) is 0.407. The second kappa shape index (κ2) is 9.65. The third-order valence-electron chi connectivity index (χ3n) is 6.64. The summed E-state index contributed by atoms with van der Waals surface area (Å²) in [6.45, 7) is 5.29. The summed E-state index contributed by atoms with van der Waals surface area (Å²) < 4.78 is 6.00. The molecule has 172 valence electrons. The number of benzene rings is 2. The smallest absolute Gasteiger partial charge is 0.206 e. The molecular formula is C27H31N3O2S. The number of hydrogen-bond acceptors (Lipinski definition) is 6. The van der Waals surface area contributed by atoms with Crippen molar-refractivity contribution in [3.05, 3.63) is 75.1 Å². The van der Waals surface area contributed by atoms with Crippen LogP contribution in [-0.2, 0) is 6.42 Å². The fourth-order valence-corrected chi connectivity index (χ4v) is 5.46. The molecule has 0 spiro atoms. The Hall–Kier alpha value is -2.70. The number of carbonyl (C=O) groups excluding carboxylic acids is 1. The molecular weight excluding hydrogens is 430 g/mol. The van der Waals surface area contributed by atoms with Gasteiger partial charge in [0.25, 0.3) is 0 Å². The Kier molecular flexibility index (Phi) is 6.47. The summed E-state index contributed by atoms with van der Waals surface area (Å²) in [6, 6.07) is 16.5. The van der Waals surface area contributed by atoms with Gasteiger partial charge in [-0.1, -0.05) is 30.3 Å². The Labute approximate surface area is 199 Å². The van der Waals surface area contributed by atoms with E-state index in [9.17, 15) is 4.79 Å². The van der Waals surface area contributed by atoms with Gasteiger partial charge in [-0.05, 0) is 80.9 Å². The van der Waals surface area contributed by atoms with Gasteiger partial charge in [0.2, 0.25) is 5.78 Å². The van der Waals surface area contributed by atoms with Crippen LogP contribution in [0.5, 0.6) is 5.75 Å². The maximum absolute atomic E-state index is 13.1. The first-order chi connectivity index (χ1) is 16.1. The minimum atomic E-state index is -0.0328. The van der Waals surface area contributed by atoms with Gasteiger partial charge in [0.1, 0.15) is 28.1 Å². The zero-order valence-corrected chi connectivity index (χ0v) is 19.9. The topological polar surface area (TPSA) is 68.5 Å². The second-order valence-corrected chi connectivity index (χ2v) is 10.4. The van der Waals surface area contributed by atoms with Gasteiger partial charge in [-0.25, -0.2) is 4.98 Å². The number of nitrogens with two attached hydrogens (primary N) is 1. The van der Waals surface area contributed by atoms with Crippen molar-refractivity contribution < 1.29 is 9.53 Å². The Morgan fingerprint density at radius 1 is 1.18 bits per heavy atom. The second-order valence-electron chi connectivity index (χ2n) is 9.27. The predicted molar refractivity (Wildman–Crippen MR) is 133 cm³/mol. The maximum atomic E-state index is 13.1. The molecule has 1 saturated heterocycles. The first-order valence-electron chi connectivity index (χ1n) is 11.9. The van der Waals surface area contributed by atoms with Crippen LogP contribution >= 0.6 is 11.3 Å². The number of likely N-dealkylation sites (tertiary alicyclic amines) is 1. The molecule has 1 saturated carbocycles. The first-order valence-corrected chi connectivity index (χ1v) is 12.7. The highest BCUT2D eigenvalue weighted by Gasteiger charge is 2.25. The van der Waals surface area contributed by atoms with Crippen molar-refractivity contribution in [3.63, 3.8) is 0 Å². The number of anilines is 1. The van der Waals surface area contributed by atoms with Crippen LogP contribution in [-0.4, -0.2) is 41.4 Å². The van der Waals surface area contributed by atoms with E-state index in [1.807, 2.05) is 30.3 Å². The quantitative estimate of drug-likeness (QED) is 0.439. The monoisotopic (exact) mass is 461 g/mol. The molecule has 2 aromatic carbocycles. The molecule has 3 aromatic rings. The lowest BCUT2D eigenvalue weighted by molar-refractivity contribution is 0.104. The minimum Gasteiger partial charge on any atom is -0.492 e. The molecule has 5 rings (SSSR count). The van der Waals surface area contributed by atoms with Gasteiger partial charge >= 0.3 is 0 Å². The van der Waals surface area contributed by atoms with Gasteiger partial charge in [-0.15, -0.1) is 11.3 Å². The average molecular weight is 462 g/mol. The summed E-state index contributed by atoms with van der Waals surface area (Å²) in [6.07, 6.45) is 5.66. The molecule has 0 unspecified atom stereocenters. The summed E-state index contributed by atoms with van der Waals surface area (Å²) in [5, 5.41) is 0.852. The largest absolute Gasteiger partial charge is 0.492 e. The molecule has 6 heteroatoms. The number of thiazole rings is 1. The van der Waals surface area contributed by atoms with Crippen LogP contribution in [0.15, 0.2) is 48.5 Å². The lowest BCUT2D eigenvalue weighted by atomic mass is 10.0. The standard InChI is InChI=1S/C27H31N3O2S/c1-18(30-13-2-3-14-30)17-32-23-11-7-19(8-12-23)15-24-29-27(28)26(33-24)25(31)22-6-4-5-21(16-22)20-9-10-20/h4-8,11-12,16,18,20H,2-3,9-10,13-15,17,28H2,1H3/t18-/m1/s1. The Bertz CT molecular complexity index is 1110. The summed E-state index contributed by atoms with van der Waals surface area (Å²) in [4.78, 5) is 20.6. The molecule has 2 fully saturated rings. The highest BCUT2D eigenvalue weighted by molar-refractivity contribution is 7.14. The molecule has 1 aliphatic heterocycles. The van der Waals surface area contributed by atoms with Crippen LogP contribution in [0, 0.1) is 0 Å². The number of hydrogen-bond donors (Lipinski definition) is 1. The summed E-state index contributed by atoms with van der Waals surface area (Å²) in [5.74, 6) is 1.79. The molecule has 1 atom stereocenters. The number of ketones is 1. The lowest BCUT2D eigenvalue weighted by Gasteiger charge is -2.23.